The highest BCUT2D eigenvalue weighted by atomic mass is 35.5. The minimum atomic E-state index is -0.556. The van der Waals surface area contributed by atoms with Gasteiger partial charge in [-0.15, -0.1) is 0 Å². The third-order valence-electron chi connectivity index (χ3n) is 6.13. The molecule has 9 nitrogen and oxygen atoms in total. The van der Waals surface area contributed by atoms with E-state index in [-0.39, 0.29) is 17.3 Å². The molecule has 176 valence electrons. The van der Waals surface area contributed by atoms with Gasteiger partial charge in [0, 0.05) is 11.1 Å². The number of hydrogen-bond donors (Lipinski definition) is 0. The molecule has 1 aromatic heterocycles. The highest BCUT2D eigenvalue weighted by molar-refractivity contribution is 6.30. The number of ether oxygens (including phenoxy) is 1. The summed E-state index contributed by atoms with van der Waals surface area (Å²) < 4.78 is 6.97. The number of fused-ring (bicyclic) bond motifs is 1. The van der Waals surface area contributed by atoms with E-state index < -0.39 is 16.9 Å². The van der Waals surface area contributed by atoms with Crippen molar-refractivity contribution in [3.05, 3.63) is 111 Å². The molecule has 0 unspecified atom stereocenters. The van der Waals surface area contributed by atoms with Gasteiger partial charge in [0.05, 0.1) is 24.1 Å². The highest BCUT2D eigenvalue weighted by Gasteiger charge is 2.41. The number of para-hydroxylation sites is 1. The summed E-state index contributed by atoms with van der Waals surface area (Å²) in [6.07, 6.45) is 1.85. The number of nitro groups is 1. The molecule has 0 N–H and O–H groups in total. The molecule has 2 heterocycles. The van der Waals surface area contributed by atoms with Crippen LogP contribution in [0.1, 0.15) is 40.0 Å². The number of nitro benzene ring substituents is 1. The molecular weight excluding hydrogens is 470 g/mol. The van der Waals surface area contributed by atoms with E-state index in [1.807, 2.05) is 36.4 Å². The Bertz CT molecular complexity index is 1390. The van der Waals surface area contributed by atoms with Crippen molar-refractivity contribution in [1.29, 1.82) is 0 Å². The van der Waals surface area contributed by atoms with Gasteiger partial charge in [-0.2, -0.15) is 10.1 Å². The Balaban J connectivity index is 1.65. The Hall–Kier alpha value is -4.24. The number of rotatable bonds is 5. The van der Waals surface area contributed by atoms with E-state index in [0.717, 1.165) is 16.9 Å². The van der Waals surface area contributed by atoms with Gasteiger partial charge < -0.3 is 4.74 Å². The number of methoxy groups -OCH3 is 1. The summed E-state index contributed by atoms with van der Waals surface area (Å²) in [4.78, 5) is 30.8. The largest absolute Gasteiger partial charge is 0.497 e. The van der Waals surface area contributed by atoms with Crippen LogP contribution in [-0.2, 0) is 0 Å². The standard InChI is InChI=1S/C25H20ClN5O4/c1-35-19-12-8-17(9-13-19)23-14-22(16-6-10-18(26)11-7-16)29(25-27-15-28-30(23)25)24(32)20-4-2-3-5-21(20)31(33)34/h2-13,15,22-23H,14H2,1H3/t22-,23+/m0/s1. The van der Waals surface area contributed by atoms with Gasteiger partial charge in [-0.05, 0) is 47.9 Å². The Morgan fingerprint density at radius 1 is 1.03 bits per heavy atom. The Morgan fingerprint density at radius 3 is 2.37 bits per heavy atom. The Labute approximate surface area is 205 Å². The summed E-state index contributed by atoms with van der Waals surface area (Å²) in [5, 5.41) is 16.6. The topological polar surface area (TPSA) is 103 Å². The van der Waals surface area contributed by atoms with E-state index >= 15 is 0 Å². The minimum absolute atomic E-state index is 0.0195. The summed E-state index contributed by atoms with van der Waals surface area (Å²) >= 11 is 6.12. The predicted molar refractivity (Wildman–Crippen MR) is 130 cm³/mol. The highest BCUT2D eigenvalue weighted by Crippen LogP contribution is 2.43. The van der Waals surface area contributed by atoms with Crippen molar-refractivity contribution in [2.75, 3.05) is 12.0 Å². The molecule has 4 aromatic rings. The van der Waals surface area contributed by atoms with Crippen molar-refractivity contribution < 1.29 is 14.5 Å². The van der Waals surface area contributed by atoms with Crippen molar-refractivity contribution in [1.82, 2.24) is 14.8 Å². The van der Waals surface area contributed by atoms with Crippen LogP contribution in [0.5, 0.6) is 5.75 Å². The second-order valence-electron chi connectivity index (χ2n) is 8.05. The SMILES string of the molecule is COc1ccc([C@H]2C[C@@H](c3ccc(Cl)cc3)N(C(=O)c3ccccc3[N+](=O)[O-])c3ncnn32)cc1. The molecule has 2 atom stereocenters. The van der Waals surface area contributed by atoms with Crippen LogP contribution < -0.4 is 9.64 Å². The van der Waals surface area contributed by atoms with Crippen molar-refractivity contribution in [2.24, 2.45) is 0 Å². The summed E-state index contributed by atoms with van der Waals surface area (Å²) in [6.45, 7) is 0. The maximum Gasteiger partial charge on any atom is 0.282 e. The minimum Gasteiger partial charge on any atom is -0.497 e. The van der Waals surface area contributed by atoms with Gasteiger partial charge in [-0.3, -0.25) is 19.8 Å². The Morgan fingerprint density at radius 2 is 1.69 bits per heavy atom. The molecule has 5 rings (SSSR count). The number of hydrogen-bond acceptors (Lipinski definition) is 6. The predicted octanol–water partition coefficient (Wildman–Crippen LogP) is 5.23. The maximum absolute atomic E-state index is 13.9. The quantitative estimate of drug-likeness (QED) is 0.281. The van der Waals surface area contributed by atoms with E-state index in [4.69, 9.17) is 16.3 Å². The lowest BCUT2D eigenvalue weighted by Crippen LogP contribution is -2.42. The van der Waals surface area contributed by atoms with Crippen LogP contribution in [0.3, 0.4) is 0 Å². The van der Waals surface area contributed by atoms with Gasteiger partial charge in [0.2, 0.25) is 5.95 Å². The molecule has 1 aliphatic rings. The fourth-order valence-electron chi connectivity index (χ4n) is 4.44. The third kappa shape index (κ3) is 4.10. The van der Waals surface area contributed by atoms with Crippen molar-refractivity contribution >= 4 is 29.1 Å². The fourth-order valence-corrected chi connectivity index (χ4v) is 4.57. The lowest BCUT2D eigenvalue weighted by molar-refractivity contribution is -0.385. The van der Waals surface area contributed by atoms with Crippen molar-refractivity contribution in [2.45, 2.75) is 18.5 Å². The summed E-state index contributed by atoms with van der Waals surface area (Å²) in [5.41, 5.74) is 1.51. The molecule has 0 saturated carbocycles. The molecule has 3 aromatic carbocycles. The molecule has 0 fully saturated rings. The van der Waals surface area contributed by atoms with E-state index in [1.54, 1.807) is 30.0 Å². The van der Waals surface area contributed by atoms with E-state index in [0.29, 0.717) is 17.4 Å². The normalized spacial score (nSPS) is 17.0. The third-order valence-corrected chi connectivity index (χ3v) is 6.38. The number of carbonyl (C=O) groups is 1. The van der Waals surface area contributed by atoms with Gasteiger partial charge in [0.1, 0.15) is 17.6 Å². The average molecular weight is 490 g/mol. The van der Waals surface area contributed by atoms with Crippen LogP contribution in [0.25, 0.3) is 0 Å². The number of aromatic nitrogens is 3. The number of benzene rings is 3. The summed E-state index contributed by atoms with van der Waals surface area (Å²) in [7, 11) is 1.61. The number of anilines is 1. The Kier molecular flexibility index (Phi) is 5.92. The van der Waals surface area contributed by atoms with Crippen LogP contribution in [0.4, 0.5) is 11.6 Å². The molecule has 0 spiro atoms. The van der Waals surface area contributed by atoms with Crippen LogP contribution >= 0.6 is 11.6 Å². The monoisotopic (exact) mass is 489 g/mol. The number of halogens is 1. The molecule has 0 saturated heterocycles. The number of amides is 1. The zero-order valence-corrected chi connectivity index (χ0v) is 19.4. The first kappa shape index (κ1) is 22.5. The maximum atomic E-state index is 13.9. The van der Waals surface area contributed by atoms with Gasteiger partial charge >= 0.3 is 0 Å². The average Bonchev–Trinajstić information content (AvgIpc) is 3.38. The first-order valence-corrected chi connectivity index (χ1v) is 11.2. The van der Waals surface area contributed by atoms with Crippen molar-refractivity contribution in [3.8, 4) is 5.75 Å². The molecule has 0 bridgehead atoms. The van der Waals surface area contributed by atoms with Gasteiger partial charge in [0.15, 0.2) is 0 Å². The molecule has 1 aliphatic heterocycles. The van der Waals surface area contributed by atoms with Gasteiger partial charge in [0.25, 0.3) is 11.6 Å². The van der Waals surface area contributed by atoms with E-state index in [1.165, 1.54) is 29.4 Å². The second kappa shape index (κ2) is 9.19. The van der Waals surface area contributed by atoms with Crippen LogP contribution in [0.2, 0.25) is 5.02 Å². The van der Waals surface area contributed by atoms with Crippen LogP contribution in [0, 0.1) is 10.1 Å². The lowest BCUT2D eigenvalue weighted by atomic mass is 9.91. The molecule has 1 amide bonds. The fraction of sp³-hybridized carbons (Fsp3) is 0.160. The van der Waals surface area contributed by atoms with E-state index in [9.17, 15) is 14.9 Å². The summed E-state index contributed by atoms with van der Waals surface area (Å²) in [6, 6.07) is 20.1. The summed E-state index contributed by atoms with van der Waals surface area (Å²) in [5.74, 6) is 0.505. The molecule has 10 heteroatoms. The van der Waals surface area contributed by atoms with Gasteiger partial charge in [-0.25, -0.2) is 4.68 Å². The van der Waals surface area contributed by atoms with Crippen molar-refractivity contribution in [3.63, 3.8) is 0 Å². The lowest BCUT2D eigenvalue weighted by Gasteiger charge is -2.39. The van der Waals surface area contributed by atoms with Crippen LogP contribution in [-0.4, -0.2) is 32.7 Å². The zero-order chi connectivity index (χ0) is 24.5. The molecule has 35 heavy (non-hydrogen) atoms. The number of carbonyl (C=O) groups excluding carboxylic acids is 1. The second-order valence-corrected chi connectivity index (χ2v) is 8.48. The zero-order valence-electron chi connectivity index (χ0n) is 18.6. The molecule has 0 aliphatic carbocycles. The molecule has 0 radical (unpaired) electrons. The van der Waals surface area contributed by atoms with Gasteiger partial charge in [-0.1, -0.05) is 48.0 Å². The van der Waals surface area contributed by atoms with E-state index in [2.05, 4.69) is 10.1 Å². The first-order chi connectivity index (χ1) is 17.0. The molecular formula is C25H20ClN5O4. The number of nitrogens with zero attached hydrogens (tertiary/aromatic N) is 5. The first-order valence-electron chi connectivity index (χ1n) is 10.8. The smallest absolute Gasteiger partial charge is 0.282 e. The van der Waals surface area contributed by atoms with Crippen LogP contribution in [0.15, 0.2) is 79.1 Å².